The molecule has 1 saturated carbocycles. The fourth-order valence-corrected chi connectivity index (χ4v) is 7.64. The van der Waals surface area contributed by atoms with E-state index >= 15 is 0 Å². The molecule has 0 N–H and O–H groups in total. The smallest absolute Gasteiger partial charge is 0.323 e. The Morgan fingerprint density at radius 1 is 1.08 bits per heavy atom. The van der Waals surface area contributed by atoms with Gasteiger partial charge in [0.05, 0.1) is 23.2 Å². The Hall–Kier alpha value is -2.40. The van der Waals surface area contributed by atoms with Gasteiger partial charge in [0.25, 0.3) is 5.82 Å². The number of urea groups is 1. The van der Waals surface area contributed by atoms with Crippen LogP contribution in [0.5, 0.6) is 0 Å². The lowest BCUT2D eigenvalue weighted by molar-refractivity contribution is -0.145. The summed E-state index contributed by atoms with van der Waals surface area (Å²) in [4.78, 5) is 22.4. The van der Waals surface area contributed by atoms with E-state index in [-0.39, 0.29) is 22.9 Å². The van der Waals surface area contributed by atoms with Crippen molar-refractivity contribution in [1.82, 2.24) is 39.2 Å². The number of carbonyl (C=O) groups is 1. The van der Waals surface area contributed by atoms with E-state index in [1.54, 1.807) is 24.2 Å². The maximum absolute atomic E-state index is 12.9. The summed E-state index contributed by atoms with van der Waals surface area (Å²) in [5.74, 6) is -1.10. The van der Waals surface area contributed by atoms with Gasteiger partial charge in [-0.2, -0.15) is 18.3 Å². The van der Waals surface area contributed by atoms with Gasteiger partial charge in [-0.1, -0.05) is 0 Å². The number of rotatable bonds is 4. The molecule has 0 bridgehead atoms. The van der Waals surface area contributed by atoms with Crippen LogP contribution in [0, 0.1) is 10.8 Å². The van der Waals surface area contributed by atoms with Crippen LogP contribution in [-0.2, 0) is 24.3 Å². The van der Waals surface area contributed by atoms with E-state index in [0.29, 0.717) is 19.6 Å². The van der Waals surface area contributed by atoms with Crippen molar-refractivity contribution in [2.75, 3.05) is 52.6 Å². The molecule has 1 aliphatic carbocycles. The molecule has 36 heavy (non-hydrogen) atoms. The van der Waals surface area contributed by atoms with Crippen LogP contribution in [0.2, 0.25) is 0 Å². The summed E-state index contributed by atoms with van der Waals surface area (Å²) >= 11 is 0. The van der Waals surface area contributed by atoms with E-state index in [1.807, 2.05) is 16.8 Å². The summed E-state index contributed by atoms with van der Waals surface area (Å²) in [6.45, 7) is 8.83. The maximum atomic E-state index is 12.9. The minimum absolute atomic E-state index is 0.000697. The number of halogens is 3. The van der Waals surface area contributed by atoms with Gasteiger partial charge in [0, 0.05) is 63.7 Å². The lowest BCUT2D eigenvalue weighted by Gasteiger charge is -2.63. The molecule has 6 rings (SSSR count). The first-order valence-electron chi connectivity index (χ1n) is 12.1. The molecule has 2 spiro atoms. The molecule has 4 fully saturated rings. The molecule has 2 aromatic heterocycles. The first-order chi connectivity index (χ1) is 16.8. The topological polar surface area (TPSA) is 92.4 Å². The second-order valence-electron chi connectivity index (χ2n) is 11.7. The summed E-state index contributed by atoms with van der Waals surface area (Å²) in [5.41, 5.74) is 1.14. The Morgan fingerprint density at radius 2 is 1.69 bits per heavy atom. The molecule has 196 valence electrons. The molecule has 4 aliphatic rings. The Kier molecular flexibility index (Phi) is 5.04. The molecule has 3 saturated heterocycles. The number of hydrogen-bond acceptors (Lipinski definition) is 6. The molecule has 0 unspecified atom stereocenters. The maximum Gasteiger partial charge on any atom is 0.453 e. The fourth-order valence-electron chi connectivity index (χ4n) is 6.47. The number of likely N-dealkylation sites (tertiary alicyclic amines) is 3. The Labute approximate surface area is 206 Å². The van der Waals surface area contributed by atoms with Crippen molar-refractivity contribution in [3.63, 3.8) is 0 Å². The number of amides is 2. The van der Waals surface area contributed by atoms with Crippen LogP contribution < -0.4 is 5.30 Å². The zero-order valence-corrected chi connectivity index (χ0v) is 21.5. The molecule has 5 heterocycles. The molecular weight excluding hydrogens is 496 g/mol. The minimum Gasteiger partial charge on any atom is -0.323 e. The van der Waals surface area contributed by atoms with E-state index in [1.165, 1.54) is 4.68 Å². The normalized spacial score (nSPS) is 23.4. The SMILES string of the molecule is Cn1ncc(P(C)(C)=O)c1CN1CC2(C1)CN(C(=O)N1CC3(CC(n4cnc(C(F)(F)F)n4)C3)C1)C2. The zero-order chi connectivity index (χ0) is 25.7. The molecule has 0 atom stereocenters. The molecule has 10 nitrogen and oxygen atoms in total. The van der Waals surface area contributed by atoms with E-state index < -0.39 is 19.1 Å². The second kappa shape index (κ2) is 7.56. The minimum atomic E-state index is -4.53. The van der Waals surface area contributed by atoms with Crippen molar-refractivity contribution in [1.29, 1.82) is 0 Å². The van der Waals surface area contributed by atoms with Gasteiger partial charge in [0.15, 0.2) is 0 Å². The largest absolute Gasteiger partial charge is 0.453 e. The van der Waals surface area contributed by atoms with Gasteiger partial charge in [-0.15, -0.1) is 5.10 Å². The quantitative estimate of drug-likeness (QED) is 0.565. The highest BCUT2D eigenvalue weighted by atomic mass is 31.2. The summed E-state index contributed by atoms with van der Waals surface area (Å²) in [6, 6.07) is -0.0338. The van der Waals surface area contributed by atoms with Crippen molar-refractivity contribution in [2.45, 2.75) is 31.6 Å². The first kappa shape index (κ1) is 24.0. The molecule has 0 radical (unpaired) electrons. The van der Waals surface area contributed by atoms with Crippen LogP contribution in [0.3, 0.4) is 0 Å². The van der Waals surface area contributed by atoms with Gasteiger partial charge in [-0.25, -0.2) is 14.5 Å². The van der Waals surface area contributed by atoms with Crippen LogP contribution in [0.1, 0.15) is 30.4 Å². The predicted molar refractivity (Wildman–Crippen MR) is 124 cm³/mol. The third-order valence-corrected chi connectivity index (χ3v) is 9.76. The molecule has 0 aromatic carbocycles. The lowest BCUT2D eigenvalue weighted by Crippen LogP contribution is -2.75. The van der Waals surface area contributed by atoms with Crippen molar-refractivity contribution in [3.05, 3.63) is 24.0 Å². The highest BCUT2D eigenvalue weighted by Crippen LogP contribution is 2.54. The Bertz CT molecular complexity index is 1240. The van der Waals surface area contributed by atoms with Crippen molar-refractivity contribution >= 4 is 18.5 Å². The third kappa shape index (κ3) is 3.86. The number of alkyl halides is 3. The van der Waals surface area contributed by atoms with Crippen molar-refractivity contribution in [2.24, 2.45) is 17.9 Å². The second-order valence-corrected chi connectivity index (χ2v) is 14.9. The highest BCUT2D eigenvalue weighted by Gasteiger charge is 2.58. The monoisotopic (exact) mass is 526 g/mol. The van der Waals surface area contributed by atoms with E-state index in [4.69, 9.17) is 0 Å². The highest BCUT2D eigenvalue weighted by molar-refractivity contribution is 7.70. The van der Waals surface area contributed by atoms with Crippen LogP contribution in [0.4, 0.5) is 18.0 Å². The van der Waals surface area contributed by atoms with E-state index in [9.17, 15) is 22.5 Å². The van der Waals surface area contributed by atoms with Gasteiger partial charge >= 0.3 is 12.2 Å². The standard InChI is InChI=1S/C22H30F3N8O2P/c1-29-16(17(6-27-29)36(2,3)35)7-30-8-21(9-30)12-32(13-21)19(34)31-10-20(11-31)4-15(5-20)33-14-26-18(28-33)22(23,24)25/h6,14-15H,4-5,7-13H2,1-3H3. The van der Waals surface area contributed by atoms with E-state index in [2.05, 4.69) is 20.1 Å². The third-order valence-electron chi connectivity index (χ3n) is 8.23. The molecule has 3 aliphatic heterocycles. The van der Waals surface area contributed by atoms with Gasteiger partial charge in [-0.3, -0.25) is 9.58 Å². The average Bonchev–Trinajstić information content (AvgIpc) is 3.27. The van der Waals surface area contributed by atoms with Crippen molar-refractivity contribution < 1.29 is 22.5 Å². The Balaban J connectivity index is 0.951. The van der Waals surface area contributed by atoms with Gasteiger partial charge in [-0.05, 0) is 26.2 Å². The average molecular weight is 527 g/mol. The summed E-state index contributed by atoms with van der Waals surface area (Å²) in [5, 5.41) is 8.72. The van der Waals surface area contributed by atoms with E-state index in [0.717, 1.165) is 56.3 Å². The van der Waals surface area contributed by atoms with Crippen LogP contribution in [0.15, 0.2) is 12.5 Å². The first-order valence-corrected chi connectivity index (χ1v) is 14.7. The number of nitrogens with zero attached hydrogens (tertiary/aromatic N) is 8. The predicted octanol–water partition coefficient (Wildman–Crippen LogP) is 1.85. The molecular formula is C22H30F3N8O2P. The molecule has 2 aromatic rings. The fraction of sp³-hybridized carbons (Fsp3) is 0.727. The summed E-state index contributed by atoms with van der Waals surface area (Å²) in [6.07, 6.45) is -0.231. The zero-order valence-electron chi connectivity index (χ0n) is 20.6. The van der Waals surface area contributed by atoms with Gasteiger partial charge < -0.3 is 14.4 Å². The Morgan fingerprint density at radius 3 is 2.25 bits per heavy atom. The molecule has 14 heteroatoms. The van der Waals surface area contributed by atoms with Gasteiger partial charge in [0.1, 0.15) is 13.5 Å². The summed E-state index contributed by atoms with van der Waals surface area (Å²) in [7, 11) is -0.513. The summed E-state index contributed by atoms with van der Waals surface area (Å²) < 4.78 is 53.9. The van der Waals surface area contributed by atoms with Gasteiger partial charge in [0.2, 0.25) is 0 Å². The number of hydrogen-bond donors (Lipinski definition) is 0. The van der Waals surface area contributed by atoms with Crippen molar-refractivity contribution in [3.8, 4) is 0 Å². The molecule has 2 amide bonds. The number of aromatic nitrogens is 5. The van der Waals surface area contributed by atoms with Crippen LogP contribution >= 0.6 is 7.14 Å². The number of carbonyl (C=O) groups excluding carboxylic acids is 1. The van der Waals surface area contributed by atoms with Crippen LogP contribution in [-0.4, -0.2) is 97.9 Å². The number of aryl methyl sites for hydroxylation is 1. The van der Waals surface area contributed by atoms with Crippen LogP contribution in [0.25, 0.3) is 0 Å². The lowest BCUT2D eigenvalue weighted by atomic mass is 9.60.